The minimum atomic E-state index is -1.09. The molecule has 2 aromatic rings. The Balaban J connectivity index is 1.35. The van der Waals surface area contributed by atoms with Crippen LogP contribution in [0.1, 0.15) is 33.2 Å². The van der Waals surface area contributed by atoms with Gasteiger partial charge in [-0.15, -0.1) is 23.4 Å². The van der Waals surface area contributed by atoms with Gasteiger partial charge in [0.15, 0.2) is 6.04 Å². The molecule has 9 nitrogen and oxygen atoms in total. The summed E-state index contributed by atoms with van der Waals surface area (Å²) in [6.45, 7) is 1.67. The van der Waals surface area contributed by atoms with Crippen LogP contribution in [0.15, 0.2) is 42.5 Å². The number of halogens is 1. The standard InChI is InChI=1S/C25H23ClN2O7S/c1-25(26)12-36-23-18(27-20(29)15-5-4-6-16(34-3)17(15)21(27)30)22(31)28(23)19(25)24(32)35-11-13-7-9-14(33-2)10-8-13/h4-10,18-19,23H,11-12H2,1-3H3/t18?,19?,23-,25-/m1/s1. The van der Waals surface area contributed by atoms with Crippen molar-refractivity contribution in [2.45, 2.75) is 35.9 Å². The number of thioether (sulfide) groups is 1. The first-order valence-electron chi connectivity index (χ1n) is 11.2. The van der Waals surface area contributed by atoms with Crippen LogP contribution in [0.3, 0.4) is 0 Å². The number of nitrogens with zero attached hydrogens (tertiary/aromatic N) is 2. The highest BCUT2D eigenvalue weighted by Crippen LogP contribution is 2.48. The number of alkyl halides is 1. The molecule has 5 rings (SSSR count). The van der Waals surface area contributed by atoms with Gasteiger partial charge in [0.05, 0.1) is 30.2 Å². The van der Waals surface area contributed by atoms with E-state index in [9.17, 15) is 19.2 Å². The maximum atomic E-state index is 13.4. The van der Waals surface area contributed by atoms with E-state index in [0.717, 1.165) is 10.5 Å². The number of fused-ring (bicyclic) bond motifs is 2. The van der Waals surface area contributed by atoms with Crippen molar-refractivity contribution in [3.8, 4) is 11.5 Å². The highest BCUT2D eigenvalue weighted by molar-refractivity contribution is 8.00. The van der Waals surface area contributed by atoms with Crippen LogP contribution in [0.4, 0.5) is 0 Å². The second-order valence-electron chi connectivity index (χ2n) is 8.89. The maximum absolute atomic E-state index is 13.4. The zero-order valence-corrected chi connectivity index (χ0v) is 21.3. The van der Waals surface area contributed by atoms with Crippen LogP contribution in [-0.4, -0.2) is 75.8 Å². The summed E-state index contributed by atoms with van der Waals surface area (Å²) in [6, 6.07) is 9.66. The van der Waals surface area contributed by atoms with Crippen molar-refractivity contribution in [1.29, 1.82) is 0 Å². The number of β-lactam (4-membered cyclic amide) rings is 1. The van der Waals surface area contributed by atoms with Gasteiger partial charge in [0.1, 0.15) is 29.5 Å². The molecule has 2 unspecified atom stereocenters. The van der Waals surface area contributed by atoms with E-state index in [1.165, 1.54) is 29.8 Å². The number of hydrogen-bond acceptors (Lipinski definition) is 8. The smallest absolute Gasteiger partial charge is 0.331 e. The molecule has 3 amide bonds. The molecule has 3 aliphatic heterocycles. The third-order valence-corrected chi connectivity index (χ3v) is 8.70. The van der Waals surface area contributed by atoms with E-state index >= 15 is 0 Å². The second-order valence-corrected chi connectivity index (χ2v) is 10.9. The average molecular weight is 531 g/mol. The Morgan fingerprint density at radius 2 is 1.81 bits per heavy atom. The van der Waals surface area contributed by atoms with Crippen molar-refractivity contribution in [3.05, 3.63) is 59.2 Å². The summed E-state index contributed by atoms with van der Waals surface area (Å²) in [5.41, 5.74) is 1.06. The van der Waals surface area contributed by atoms with Gasteiger partial charge in [-0.05, 0) is 36.8 Å². The fourth-order valence-electron chi connectivity index (χ4n) is 4.78. The van der Waals surface area contributed by atoms with E-state index in [-0.39, 0.29) is 23.5 Å². The lowest BCUT2D eigenvalue weighted by atomic mass is 9.93. The Bertz CT molecular complexity index is 1270. The van der Waals surface area contributed by atoms with Gasteiger partial charge in [0, 0.05) is 5.75 Å². The van der Waals surface area contributed by atoms with Gasteiger partial charge in [-0.1, -0.05) is 18.2 Å². The number of hydrogen-bond donors (Lipinski definition) is 0. The number of imide groups is 1. The molecule has 2 saturated heterocycles. The molecule has 0 N–H and O–H groups in total. The van der Waals surface area contributed by atoms with Crippen molar-refractivity contribution in [2.24, 2.45) is 0 Å². The fraction of sp³-hybridized carbons (Fsp3) is 0.360. The zero-order valence-electron chi connectivity index (χ0n) is 19.7. The number of rotatable bonds is 6. The van der Waals surface area contributed by atoms with Gasteiger partial charge in [-0.25, -0.2) is 4.79 Å². The summed E-state index contributed by atoms with van der Waals surface area (Å²) in [5, 5.41) is -0.615. The molecule has 3 aliphatic rings. The van der Waals surface area contributed by atoms with Gasteiger partial charge >= 0.3 is 5.97 Å². The van der Waals surface area contributed by atoms with E-state index in [2.05, 4.69) is 0 Å². The summed E-state index contributed by atoms with van der Waals surface area (Å²) in [7, 11) is 2.97. The number of carbonyl (C=O) groups excluding carboxylic acids is 4. The molecule has 11 heteroatoms. The first kappa shape index (κ1) is 24.5. The van der Waals surface area contributed by atoms with Crippen LogP contribution in [0.2, 0.25) is 0 Å². The van der Waals surface area contributed by atoms with Crippen LogP contribution < -0.4 is 9.47 Å². The van der Waals surface area contributed by atoms with Crippen LogP contribution in [-0.2, 0) is 20.9 Å². The number of carbonyl (C=O) groups is 4. The van der Waals surface area contributed by atoms with Gasteiger partial charge in [0.25, 0.3) is 17.7 Å². The van der Waals surface area contributed by atoms with Crippen LogP contribution in [0.25, 0.3) is 0 Å². The Labute approximate surface area is 216 Å². The molecular formula is C25H23ClN2O7S. The number of esters is 1. The van der Waals surface area contributed by atoms with Gasteiger partial charge < -0.3 is 19.1 Å². The first-order valence-corrected chi connectivity index (χ1v) is 12.6. The summed E-state index contributed by atoms with van der Waals surface area (Å²) >= 11 is 8.02. The number of ether oxygens (including phenoxy) is 3. The topological polar surface area (TPSA) is 102 Å². The van der Waals surface area contributed by atoms with Gasteiger partial charge in [0.2, 0.25) is 0 Å². The maximum Gasteiger partial charge on any atom is 0.331 e. The van der Waals surface area contributed by atoms with E-state index < -0.39 is 46.0 Å². The second kappa shape index (κ2) is 9.01. The largest absolute Gasteiger partial charge is 0.497 e. The van der Waals surface area contributed by atoms with E-state index in [1.54, 1.807) is 50.4 Å². The van der Waals surface area contributed by atoms with E-state index in [4.69, 9.17) is 25.8 Å². The third kappa shape index (κ3) is 3.70. The fourth-order valence-corrected chi connectivity index (χ4v) is 6.62. The number of methoxy groups -OCH3 is 2. The van der Waals surface area contributed by atoms with Crippen molar-refractivity contribution >= 4 is 47.1 Å². The molecule has 2 aromatic carbocycles. The molecule has 2 fully saturated rings. The third-order valence-electron chi connectivity index (χ3n) is 6.61. The van der Waals surface area contributed by atoms with Crippen molar-refractivity contribution in [1.82, 2.24) is 9.80 Å². The Kier molecular flexibility index (Phi) is 6.12. The Morgan fingerprint density at radius 3 is 2.47 bits per heavy atom. The predicted octanol–water partition coefficient (Wildman–Crippen LogP) is 2.69. The number of amides is 3. The lowest BCUT2D eigenvalue weighted by Crippen LogP contribution is -2.78. The van der Waals surface area contributed by atoms with Crippen molar-refractivity contribution in [2.75, 3.05) is 20.0 Å². The molecule has 3 heterocycles. The molecule has 0 bridgehead atoms. The molecule has 0 radical (unpaired) electrons. The zero-order chi connectivity index (χ0) is 25.8. The lowest BCUT2D eigenvalue weighted by molar-refractivity contribution is -0.169. The minimum Gasteiger partial charge on any atom is -0.497 e. The minimum absolute atomic E-state index is 0.00618. The van der Waals surface area contributed by atoms with Crippen LogP contribution in [0.5, 0.6) is 11.5 Å². The molecule has 0 spiro atoms. The summed E-state index contributed by atoms with van der Waals surface area (Å²) in [6.07, 6.45) is 0. The summed E-state index contributed by atoms with van der Waals surface area (Å²) in [5.74, 6) is -1.08. The molecule has 0 aromatic heterocycles. The molecule has 36 heavy (non-hydrogen) atoms. The Hall–Kier alpha value is -3.24. The number of benzene rings is 2. The van der Waals surface area contributed by atoms with Crippen molar-refractivity contribution in [3.63, 3.8) is 0 Å². The van der Waals surface area contributed by atoms with E-state index in [0.29, 0.717) is 11.5 Å². The molecular weight excluding hydrogens is 508 g/mol. The quantitative estimate of drug-likeness (QED) is 0.243. The molecule has 188 valence electrons. The van der Waals surface area contributed by atoms with Gasteiger partial charge in [-0.3, -0.25) is 19.3 Å². The summed E-state index contributed by atoms with van der Waals surface area (Å²) in [4.78, 5) is 54.1. The normalized spacial score (nSPS) is 26.8. The van der Waals surface area contributed by atoms with Gasteiger partial charge in [-0.2, -0.15) is 0 Å². The highest BCUT2D eigenvalue weighted by Gasteiger charge is 2.65. The van der Waals surface area contributed by atoms with Crippen LogP contribution >= 0.6 is 23.4 Å². The van der Waals surface area contributed by atoms with E-state index in [1.807, 2.05) is 0 Å². The average Bonchev–Trinajstić information content (AvgIpc) is 3.12. The lowest BCUT2D eigenvalue weighted by Gasteiger charge is -2.57. The Morgan fingerprint density at radius 1 is 1.08 bits per heavy atom. The molecule has 0 aliphatic carbocycles. The molecule has 0 saturated carbocycles. The summed E-state index contributed by atoms with van der Waals surface area (Å²) < 4.78 is 15.9. The van der Waals surface area contributed by atoms with Crippen molar-refractivity contribution < 1.29 is 33.4 Å². The first-order chi connectivity index (χ1) is 17.2. The highest BCUT2D eigenvalue weighted by atomic mass is 35.5. The predicted molar refractivity (Wildman–Crippen MR) is 131 cm³/mol. The SMILES string of the molecule is COc1ccc(COC(=O)C2N3C(=O)C(N4C(=O)c5cccc(OC)c5C4=O)[C@H]3SC[C@@]2(C)Cl)cc1. The monoisotopic (exact) mass is 530 g/mol. The molecule has 4 atom stereocenters. The van der Waals surface area contributed by atoms with Crippen LogP contribution in [0, 0.1) is 0 Å².